The van der Waals surface area contributed by atoms with Crippen LogP contribution in [0.2, 0.25) is 0 Å². The van der Waals surface area contributed by atoms with E-state index in [-0.39, 0.29) is 5.91 Å². The average molecular weight is 417 g/mol. The van der Waals surface area contributed by atoms with Crippen molar-refractivity contribution in [3.05, 3.63) is 70.9 Å². The van der Waals surface area contributed by atoms with E-state index >= 15 is 0 Å². The summed E-state index contributed by atoms with van der Waals surface area (Å²) in [4.78, 5) is 23.4. The van der Waals surface area contributed by atoms with Crippen LogP contribution in [0.1, 0.15) is 22.4 Å². The molecule has 0 aliphatic carbocycles. The Morgan fingerprint density at radius 3 is 2.30 bits per heavy atom. The van der Waals surface area contributed by atoms with Gasteiger partial charge >= 0.3 is 0 Å². The fourth-order valence-corrected chi connectivity index (χ4v) is 4.41. The third-order valence-electron chi connectivity index (χ3n) is 4.98. The van der Waals surface area contributed by atoms with Crippen molar-refractivity contribution in [2.45, 2.75) is 27.2 Å². The molecule has 0 aliphatic heterocycles. The number of carbonyl (C=O) groups excluding carboxylic acids is 1. The SMILES string of the molecule is Cc1ccc(NC(=O)CCNc2ncnc3sc(C)c(-c4ccc(C)cc4)c23)cc1. The molecule has 0 aliphatic rings. The summed E-state index contributed by atoms with van der Waals surface area (Å²) in [7, 11) is 0. The molecule has 30 heavy (non-hydrogen) atoms. The van der Waals surface area contributed by atoms with Gasteiger partial charge in [0, 0.05) is 29.1 Å². The lowest BCUT2D eigenvalue weighted by atomic mass is 10.0. The first-order chi connectivity index (χ1) is 14.5. The summed E-state index contributed by atoms with van der Waals surface area (Å²) in [5, 5.41) is 7.29. The predicted molar refractivity (Wildman–Crippen MR) is 125 cm³/mol. The Morgan fingerprint density at radius 2 is 1.60 bits per heavy atom. The summed E-state index contributed by atoms with van der Waals surface area (Å²) >= 11 is 1.66. The molecule has 0 saturated carbocycles. The quantitative estimate of drug-likeness (QED) is 0.422. The maximum atomic E-state index is 12.3. The van der Waals surface area contributed by atoms with Crippen molar-refractivity contribution < 1.29 is 4.79 Å². The van der Waals surface area contributed by atoms with Crippen LogP contribution in [0.25, 0.3) is 21.3 Å². The number of fused-ring (bicyclic) bond motifs is 1. The Balaban J connectivity index is 1.51. The minimum atomic E-state index is -0.0306. The summed E-state index contributed by atoms with van der Waals surface area (Å²) in [5.41, 5.74) is 5.51. The number of carbonyl (C=O) groups is 1. The van der Waals surface area contributed by atoms with Crippen molar-refractivity contribution in [3.63, 3.8) is 0 Å². The van der Waals surface area contributed by atoms with Crippen molar-refractivity contribution in [2.24, 2.45) is 0 Å². The number of hydrogen-bond acceptors (Lipinski definition) is 5. The molecule has 4 aromatic rings. The van der Waals surface area contributed by atoms with Crippen LogP contribution in [-0.4, -0.2) is 22.4 Å². The number of rotatable bonds is 6. The molecule has 2 aromatic carbocycles. The molecule has 2 N–H and O–H groups in total. The van der Waals surface area contributed by atoms with Gasteiger partial charge in [-0.1, -0.05) is 47.5 Å². The molecular weight excluding hydrogens is 392 g/mol. The Hall–Kier alpha value is -3.25. The Morgan fingerprint density at radius 1 is 0.933 bits per heavy atom. The summed E-state index contributed by atoms with van der Waals surface area (Å²) in [6.07, 6.45) is 1.92. The van der Waals surface area contributed by atoms with Crippen molar-refractivity contribution in [3.8, 4) is 11.1 Å². The highest BCUT2D eigenvalue weighted by molar-refractivity contribution is 7.19. The molecule has 0 saturated heterocycles. The van der Waals surface area contributed by atoms with E-state index in [4.69, 9.17) is 0 Å². The smallest absolute Gasteiger partial charge is 0.226 e. The number of nitrogens with zero attached hydrogens (tertiary/aromatic N) is 2. The molecule has 6 heteroatoms. The normalized spacial score (nSPS) is 10.9. The molecule has 2 aromatic heterocycles. The van der Waals surface area contributed by atoms with Gasteiger partial charge in [0.2, 0.25) is 5.91 Å². The first-order valence-electron chi connectivity index (χ1n) is 9.93. The van der Waals surface area contributed by atoms with Gasteiger partial charge in [-0.05, 0) is 38.5 Å². The predicted octanol–water partition coefficient (Wildman–Crippen LogP) is 5.72. The minimum Gasteiger partial charge on any atom is -0.369 e. The van der Waals surface area contributed by atoms with Crippen LogP contribution in [0.15, 0.2) is 54.9 Å². The highest BCUT2D eigenvalue weighted by Crippen LogP contribution is 2.40. The number of nitrogens with one attached hydrogen (secondary N) is 2. The fraction of sp³-hybridized carbons (Fsp3) is 0.208. The zero-order valence-corrected chi connectivity index (χ0v) is 18.1. The number of amides is 1. The third kappa shape index (κ3) is 4.33. The van der Waals surface area contributed by atoms with Crippen molar-refractivity contribution in [1.29, 1.82) is 0 Å². The van der Waals surface area contributed by atoms with Crippen LogP contribution in [0.4, 0.5) is 11.5 Å². The van der Waals surface area contributed by atoms with E-state index < -0.39 is 0 Å². The van der Waals surface area contributed by atoms with Gasteiger partial charge in [0.05, 0.1) is 5.39 Å². The van der Waals surface area contributed by atoms with Gasteiger partial charge in [-0.2, -0.15) is 0 Å². The van der Waals surface area contributed by atoms with E-state index in [9.17, 15) is 4.79 Å². The molecule has 4 rings (SSSR count). The second-order valence-corrected chi connectivity index (χ2v) is 8.60. The van der Waals surface area contributed by atoms with Crippen LogP contribution >= 0.6 is 11.3 Å². The number of thiophene rings is 1. The molecule has 152 valence electrons. The maximum Gasteiger partial charge on any atom is 0.226 e. The van der Waals surface area contributed by atoms with Gasteiger partial charge < -0.3 is 10.6 Å². The summed E-state index contributed by atoms with van der Waals surface area (Å²) in [6.45, 7) is 6.71. The number of anilines is 2. The van der Waals surface area contributed by atoms with E-state index in [1.54, 1.807) is 17.7 Å². The highest BCUT2D eigenvalue weighted by Gasteiger charge is 2.16. The lowest BCUT2D eigenvalue weighted by Crippen LogP contribution is -2.16. The largest absolute Gasteiger partial charge is 0.369 e. The highest BCUT2D eigenvalue weighted by atomic mass is 32.1. The van der Waals surface area contributed by atoms with E-state index in [2.05, 4.69) is 58.7 Å². The molecule has 0 fully saturated rings. The third-order valence-corrected chi connectivity index (χ3v) is 6.00. The van der Waals surface area contributed by atoms with Gasteiger partial charge in [-0.15, -0.1) is 11.3 Å². The second kappa shape index (κ2) is 8.63. The Labute approximate surface area is 180 Å². The second-order valence-electron chi connectivity index (χ2n) is 7.39. The number of hydrogen-bond donors (Lipinski definition) is 2. The number of aromatic nitrogens is 2. The zero-order chi connectivity index (χ0) is 21.1. The van der Waals surface area contributed by atoms with Crippen LogP contribution in [0, 0.1) is 20.8 Å². The molecule has 2 heterocycles. The van der Waals surface area contributed by atoms with Crippen molar-refractivity contribution >= 4 is 39.0 Å². The molecule has 0 radical (unpaired) electrons. The van der Waals surface area contributed by atoms with Gasteiger partial charge in [-0.25, -0.2) is 9.97 Å². The summed E-state index contributed by atoms with van der Waals surface area (Å²) in [5.74, 6) is 0.736. The van der Waals surface area contributed by atoms with E-state index in [0.717, 1.165) is 38.4 Å². The molecular formula is C24H24N4OS. The minimum absolute atomic E-state index is 0.0306. The van der Waals surface area contributed by atoms with Gasteiger partial charge in [0.15, 0.2) is 0 Å². The monoisotopic (exact) mass is 416 g/mol. The molecule has 0 atom stereocenters. The number of aryl methyl sites for hydroxylation is 3. The van der Waals surface area contributed by atoms with Crippen LogP contribution in [0.5, 0.6) is 0 Å². The van der Waals surface area contributed by atoms with Crippen molar-refractivity contribution in [2.75, 3.05) is 17.2 Å². The summed E-state index contributed by atoms with van der Waals surface area (Å²) < 4.78 is 0. The lowest BCUT2D eigenvalue weighted by Gasteiger charge is -2.10. The van der Waals surface area contributed by atoms with Crippen LogP contribution in [0.3, 0.4) is 0 Å². The van der Waals surface area contributed by atoms with Gasteiger partial charge in [0.25, 0.3) is 0 Å². The molecule has 0 bridgehead atoms. The molecule has 1 amide bonds. The number of benzene rings is 2. The first-order valence-corrected chi connectivity index (χ1v) is 10.7. The molecule has 0 spiro atoms. The zero-order valence-electron chi connectivity index (χ0n) is 17.3. The molecule has 5 nitrogen and oxygen atoms in total. The topological polar surface area (TPSA) is 66.9 Å². The standard InChI is InChI=1S/C24H24N4OS/c1-15-4-8-18(9-5-15)21-17(3)30-24-22(21)23(26-14-27-24)25-13-12-20(29)28-19-10-6-16(2)7-11-19/h4-11,14H,12-13H2,1-3H3,(H,28,29)(H,25,26,27). The van der Waals surface area contributed by atoms with Gasteiger partial charge in [0.1, 0.15) is 17.0 Å². The van der Waals surface area contributed by atoms with E-state index in [0.29, 0.717) is 13.0 Å². The van der Waals surface area contributed by atoms with E-state index in [1.165, 1.54) is 10.4 Å². The Kier molecular flexibility index (Phi) is 5.77. The van der Waals surface area contributed by atoms with Gasteiger partial charge in [-0.3, -0.25) is 4.79 Å². The Bertz CT molecular complexity index is 1180. The van der Waals surface area contributed by atoms with Crippen LogP contribution in [-0.2, 0) is 4.79 Å². The van der Waals surface area contributed by atoms with E-state index in [1.807, 2.05) is 31.2 Å². The first kappa shape index (κ1) is 20.0. The van der Waals surface area contributed by atoms with Crippen LogP contribution < -0.4 is 10.6 Å². The van der Waals surface area contributed by atoms with Crippen molar-refractivity contribution in [1.82, 2.24) is 9.97 Å². The fourth-order valence-electron chi connectivity index (χ4n) is 3.40. The average Bonchev–Trinajstić information content (AvgIpc) is 3.07. The lowest BCUT2D eigenvalue weighted by molar-refractivity contribution is -0.115. The maximum absolute atomic E-state index is 12.3. The molecule has 0 unspecified atom stereocenters. The summed E-state index contributed by atoms with van der Waals surface area (Å²) in [6, 6.07) is 16.3.